The van der Waals surface area contributed by atoms with Crippen molar-refractivity contribution < 1.29 is 34.1 Å². The molecule has 0 aromatic heterocycles. The average molecular weight is 627 g/mol. The van der Waals surface area contributed by atoms with Crippen molar-refractivity contribution in [3.8, 4) is 11.5 Å². The zero-order valence-corrected chi connectivity index (χ0v) is 25.8. The van der Waals surface area contributed by atoms with E-state index in [0.717, 1.165) is 16.7 Å². The molecule has 0 bridgehead atoms. The van der Waals surface area contributed by atoms with Crippen LogP contribution in [0, 0.1) is 13.8 Å². The summed E-state index contributed by atoms with van der Waals surface area (Å²) >= 11 is 0. The number of rotatable bonds is 7. The summed E-state index contributed by atoms with van der Waals surface area (Å²) in [5, 5.41) is 25.6. The number of hydrogen-bond donors (Lipinski definition) is 4. The number of anilines is 2. The van der Waals surface area contributed by atoms with Gasteiger partial charge in [-0.2, -0.15) is 0 Å². The van der Waals surface area contributed by atoms with Gasteiger partial charge in [-0.25, -0.2) is 9.59 Å². The normalized spacial score (nSPS) is 14.6. The number of carbonyl (C=O) groups excluding carboxylic acids is 2. The Kier molecular flexibility index (Phi) is 7.82. The Hall–Kier alpha value is -6.22. The topological polar surface area (TPSA) is 142 Å². The third-order valence-corrected chi connectivity index (χ3v) is 8.46. The predicted molar refractivity (Wildman–Crippen MR) is 177 cm³/mol. The molecule has 1 aliphatic rings. The van der Waals surface area contributed by atoms with E-state index in [1.54, 1.807) is 30.3 Å². The molecular weight excluding hydrogens is 596 g/mol. The fraction of sp³-hybridized carbons (Fsp3) is 0.105. The second-order valence-electron chi connectivity index (χ2n) is 11.6. The number of carboxylic acid groups (broad SMARTS) is 2. The predicted octanol–water partition coefficient (Wildman–Crippen LogP) is 7.66. The Balaban J connectivity index is 1.58. The van der Waals surface area contributed by atoms with Gasteiger partial charge in [0.1, 0.15) is 11.5 Å². The Labute approximate surface area is 270 Å². The smallest absolute Gasteiger partial charge is 0.336 e. The lowest BCUT2D eigenvalue weighted by Crippen LogP contribution is -2.32. The third kappa shape index (κ3) is 5.70. The number of aromatic carboxylic acids is 2. The summed E-state index contributed by atoms with van der Waals surface area (Å²) in [6.07, 6.45) is 0. The van der Waals surface area contributed by atoms with Gasteiger partial charge in [0.05, 0.1) is 22.3 Å². The molecule has 0 aliphatic carbocycles. The summed E-state index contributed by atoms with van der Waals surface area (Å²) < 4.78 is 6.27. The van der Waals surface area contributed by atoms with Crippen LogP contribution in [0.25, 0.3) is 0 Å². The minimum Gasteiger partial charge on any atom is -0.478 e. The first kappa shape index (κ1) is 30.8. The van der Waals surface area contributed by atoms with Crippen LogP contribution in [-0.4, -0.2) is 34.0 Å². The highest BCUT2D eigenvalue weighted by Crippen LogP contribution is 2.53. The molecular formula is C38H30N2O7. The lowest BCUT2D eigenvalue weighted by Gasteiger charge is -2.39. The van der Waals surface area contributed by atoms with Gasteiger partial charge in [0.25, 0.3) is 11.8 Å². The molecule has 1 aliphatic heterocycles. The van der Waals surface area contributed by atoms with E-state index >= 15 is 0 Å². The maximum atomic E-state index is 14.0. The number of aryl methyl sites for hydroxylation is 2. The standard InChI is InChI=1S/C38H30N2O7/c1-21-9-13-24(14-10-21)39-34(41)26-17-30-32(19-27(26)35(42)40-25-15-11-22(2)12-16-25)47-33-20-29(37(45)46)28(36(43)44)18-31(33)38(30,3)23-7-5-4-6-8-23/h4-20H,1-3H3,(H,39,41)(H,40,42)(H,43,44)(H,45,46). The first-order valence-electron chi connectivity index (χ1n) is 14.8. The minimum absolute atomic E-state index is 0.0217. The Bertz CT molecular complexity index is 2070. The summed E-state index contributed by atoms with van der Waals surface area (Å²) in [7, 11) is 0. The van der Waals surface area contributed by atoms with Gasteiger partial charge < -0.3 is 25.6 Å². The van der Waals surface area contributed by atoms with Gasteiger partial charge in [-0.1, -0.05) is 65.7 Å². The molecule has 9 heteroatoms. The first-order chi connectivity index (χ1) is 22.4. The number of fused-ring (bicyclic) bond motifs is 2. The molecule has 2 amide bonds. The first-order valence-corrected chi connectivity index (χ1v) is 14.8. The Morgan fingerprint density at radius 1 is 0.574 bits per heavy atom. The van der Waals surface area contributed by atoms with Gasteiger partial charge in [0.15, 0.2) is 0 Å². The number of ether oxygens (including phenoxy) is 1. The second-order valence-corrected chi connectivity index (χ2v) is 11.6. The number of amides is 2. The molecule has 234 valence electrons. The van der Waals surface area contributed by atoms with E-state index in [0.29, 0.717) is 22.5 Å². The van der Waals surface area contributed by atoms with Crippen molar-refractivity contribution in [3.63, 3.8) is 0 Å². The van der Waals surface area contributed by atoms with Crippen molar-refractivity contribution >= 4 is 35.1 Å². The lowest BCUT2D eigenvalue weighted by atomic mass is 9.68. The summed E-state index contributed by atoms with van der Waals surface area (Å²) in [6, 6.07) is 29.2. The largest absolute Gasteiger partial charge is 0.478 e. The zero-order valence-electron chi connectivity index (χ0n) is 25.8. The second kappa shape index (κ2) is 11.9. The monoisotopic (exact) mass is 626 g/mol. The highest BCUT2D eigenvalue weighted by Gasteiger charge is 2.42. The molecule has 4 N–H and O–H groups in total. The Morgan fingerprint density at radius 3 is 1.45 bits per heavy atom. The molecule has 0 saturated heterocycles. The molecule has 1 heterocycles. The van der Waals surface area contributed by atoms with Crippen molar-refractivity contribution in [1.82, 2.24) is 0 Å². The molecule has 5 aromatic rings. The van der Waals surface area contributed by atoms with Gasteiger partial charge in [0, 0.05) is 27.9 Å². The third-order valence-electron chi connectivity index (χ3n) is 8.46. The molecule has 0 saturated carbocycles. The maximum absolute atomic E-state index is 14.0. The van der Waals surface area contributed by atoms with E-state index < -0.39 is 40.3 Å². The van der Waals surface area contributed by atoms with Crippen molar-refractivity contribution in [2.24, 2.45) is 0 Å². The number of benzene rings is 5. The molecule has 5 aromatic carbocycles. The van der Waals surface area contributed by atoms with E-state index in [4.69, 9.17) is 4.74 Å². The van der Waals surface area contributed by atoms with Gasteiger partial charge in [-0.15, -0.1) is 0 Å². The molecule has 0 spiro atoms. The molecule has 1 atom stereocenters. The summed E-state index contributed by atoms with van der Waals surface area (Å²) in [5.74, 6) is -3.61. The lowest BCUT2D eigenvalue weighted by molar-refractivity contribution is 0.0651. The van der Waals surface area contributed by atoms with Gasteiger partial charge in [-0.3, -0.25) is 9.59 Å². The highest BCUT2D eigenvalue weighted by atomic mass is 16.5. The highest BCUT2D eigenvalue weighted by molar-refractivity contribution is 6.16. The van der Waals surface area contributed by atoms with Crippen LogP contribution in [0.5, 0.6) is 11.5 Å². The average Bonchev–Trinajstić information content (AvgIpc) is 3.06. The van der Waals surface area contributed by atoms with Crippen LogP contribution >= 0.6 is 0 Å². The number of nitrogens with one attached hydrogen (secondary N) is 2. The van der Waals surface area contributed by atoms with Crippen LogP contribution < -0.4 is 15.4 Å². The van der Waals surface area contributed by atoms with Crippen LogP contribution in [0.4, 0.5) is 11.4 Å². The molecule has 6 rings (SSSR count). The fourth-order valence-electron chi connectivity index (χ4n) is 5.86. The molecule has 9 nitrogen and oxygen atoms in total. The minimum atomic E-state index is -1.43. The van der Waals surface area contributed by atoms with Crippen molar-refractivity contribution in [3.05, 3.63) is 153 Å². The Morgan fingerprint density at radius 2 is 0.979 bits per heavy atom. The summed E-state index contributed by atoms with van der Waals surface area (Å²) in [5.41, 5.74) is 2.78. The van der Waals surface area contributed by atoms with Crippen LogP contribution in [0.1, 0.15) is 76.2 Å². The van der Waals surface area contributed by atoms with E-state index in [1.807, 2.05) is 75.4 Å². The van der Waals surface area contributed by atoms with E-state index in [1.165, 1.54) is 18.2 Å². The zero-order chi connectivity index (χ0) is 33.5. The fourth-order valence-corrected chi connectivity index (χ4v) is 5.86. The summed E-state index contributed by atoms with van der Waals surface area (Å²) in [4.78, 5) is 52.2. The quantitative estimate of drug-likeness (QED) is 0.145. The molecule has 47 heavy (non-hydrogen) atoms. The maximum Gasteiger partial charge on any atom is 0.336 e. The van der Waals surface area contributed by atoms with Crippen molar-refractivity contribution in [1.29, 1.82) is 0 Å². The number of carboxylic acids is 2. The number of hydrogen-bond acceptors (Lipinski definition) is 5. The molecule has 1 unspecified atom stereocenters. The SMILES string of the molecule is Cc1ccc(NC(=O)c2cc3c(cc2C(=O)Nc2ccc(C)cc2)C(C)(c2ccccc2)c2cc(C(=O)O)c(C(=O)O)cc2O3)cc1. The van der Waals surface area contributed by atoms with Crippen LogP contribution in [0.15, 0.2) is 103 Å². The van der Waals surface area contributed by atoms with E-state index in [-0.39, 0.29) is 22.6 Å². The summed E-state index contributed by atoms with van der Waals surface area (Å²) in [6.45, 7) is 5.71. The molecule has 0 radical (unpaired) electrons. The molecule has 0 fully saturated rings. The van der Waals surface area contributed by atoms with Crippen molar-refractivity contribution in [2.45, 2.75) is 26.2 Å². The van der Waals surface area contributed by atoms with E-state index in [2.05, 4.69) is 10.6 Å². The van der Waals surface area contributed by atoms with Crippen molar-refractivity contribution in [2.75, 3.05) is 10.6 Å². The van der Waals surface area contributed by atoms with Gasteiger partial charge >= 0.3 is 11.9 Å². The number of carbonyl (C=O) groups is 4. The van der Waals surface area contributed by atoms with E-state index in [9.17, 15) is 29.4 Å². The van der Waals surface area contributed by atoms with Gasteiger partial charge in [-0.05, 0) is 74.9 Å². The van der Waals surface area contributed by atoms with Crippen LogP contribution in [0.3, 0.4) is 0 Å². The van der Waals surface area contributed by atoms with Gasteiger partial charge in [0.2, 0.25) is 0 Å². The van der Waals surface area contributed by atoms with Crippen LogP contribution in [-0.2, 0) is 5.41 Å². The van der Waals surface area contributed by atoms with Crippen LogP contribution in [0.2, 0.25) is 0 Å².